The molecule has 0 heterocycles. The molecular weight excluding hydrogens is 148 g/mol. The molecule has 0 aromatic carbocycles. The van der Waals surface area contributed by atoms with Crippen molar-refractivity contribution < 1.29 is 36.4 Å². The van der Waals surface area contributed by atoms with Crippen LogP contribution in [0.4, 0.5) is 0 Å². The maximum absolute atomic E-state index is 8.61. The first-order valence-corrected chi connectivity index (χ1v) is 3.28. The predicted molar refractivity (Wildman–Crippen MR) is 21.9 cm³/mol. The molecule has 0 aromatic heterocycles. The van der Waals surface area contributed by atoms with Gasteiger partial charge in [0.2, 0.25) is 0 Å². The van der Waals surface area contributed by atoms with Gasteiger partial charge in [-0.05, 0) is 0 Å². The van der Waals surface area contributed by atoms with Gasteiger partial charge in [-0.1, -0.05) is 0 Å². The van der Waals surface area contributed by atoms with E-state index >= 15 is 0 Å². The normalized spacial score (nSPS) is 6.38. The SMILES string of the molecule is COCCO.[O]=[Ti][OH]. The molecule has 0 aliphatic heterocycles. The third-order valence-corrected chi connectivity index (χ3v) is 0.295. The summed E-state index contributed by atoms with van der Waals surface area (Å²) in [6.45, 7) is 0.566. The van der Waals surface area contributed by atoms with Crippen molar-refractivity contribution in [2.45, 2.75) is 0 Å². The Labute approximate surface area is 57.2 Å². The fourth-order valence-electron chi connectivity index (χ4n) is 0.0913. The molecule has 4 nitrogen and oxygen atoms in total. The van der Waals surface area contributed by atoms with E-state index in [1.54, 1.807) is 7.11 Å². The van der Waals surface area contributed by atoms with Crippen molar-refractivity contribution in [2.75, 3.05) is 20.3 Å². The Morgan fingerprint density at radius 2 is 2.12 bits per heavy atom. The summed E-state index contributed by atoms with van der Waals surface area (Å²) in [6.07, 6.45) is 0. The van der Waals surface area contributed by atoms with Gasteiger partial charge in [-0.3, -0.25) is 0 Å². The fourth-order valence-corrected chi connectivity index (χ4v) is 0.0913. The van der Waals surface area contributed by atoms with Gasteiger partial charge < -0.3 is 9.84 Å². The topological polar surface area (TPSA) is 66.8 Å². The first-order chi connectivity index (χ1) is 3.83. The summed E-state index contributed by atoms with van der Waals surface area (Å²) in [6, 6.07) is 0. The molecule has 0 amide bonds. The first kappa shape index (κ1) is 11.2. The zero-order valence-corrected chi connectivity index (χ0v) is 6.19. The Balaban J connectivity index is 0. The van der Waals surface area contributed by atoms with E-state index in [9.17, 15) is 0 Å². The minimum absolute atomic E-state index is 0.122. The summed E-state index contributed by atoms with van der Waals surface area (Å²) in [4.78, 5) is 0. The second-order valence-electron chi connectivity index (χ2n) is 0.808. The first-order valence-electron chi connectivity index (χ1n) is 1.94. The van der Waals surface area contributed by atoms with Crippen LogP contribution in [-0.4, -0.2) is 29.1 Å². The number of hydrogen-bond acceptors (Lipinski definition) is 3. The van der Waals surface area contributed by atoms with Crippen LogP contribution in [0.25, 0.3) is 0 Å². The number of rotatable bonds is 2. The Kier molecular flexibility index (Phi) is 22.0. The van der Waals surface area contributed by atoms with E-state index in [2.05, 4.69) is 4.74 Å². The van der Waals surface area contributed by atoms with E-state index in [1.165, 1.54) is 0 Å². The van der Waals surface area contributed by atoms with Gasteiger partial charge in [0.05, 0.1) is 13.2 Å². The monoisotopic (exact) mass is 157 g/mol. The van der Waals surface area contributed by atoms with Crippen LogP contribution < -0.4 is 0 Å². The zero-order chi connectivity index (χ0) is 6.83. The number of hydrogen-bond donors (Lipinski definition) is 2. The molecule has 0 aliphatic rings. The quantitative estimate of drug-likeness (QED) is 0.501. The summed E-state index contributed by atoms with van der Waals surface area (Å²) >= 11 is -1.75. The van der Waals surface area contributed by atoms with Crippen molar-refractivity contribution in [2.24, 2.45) is 0 Å². The third kappa shape index (κ3) is 32.5. The summed E-state index contributed by atoms with van der Waals surface area (Å²) in [7, 11) is 1.55. The average Bonchev–Trinajstić information content (AvgIpc) is 1.71. The molecule has 5 heteroatoms. The average molecular weight is 157 g/mol. The second-order valence-corrected chi connectivity index (χ2v) is 1.09. The molecular formula is C3H9O4Ti. The van der Waals surface area contributed by atoms with Gasteiger partial charge >= 0.3 is 26.5 Å². The number of aliphatic hydroxyl groups is 1. The van der Waals surface area contributed by atoms with Crippen LogP contribution >= 0.6 is 0 Å². The Hall–Kier alpha value is 0.394. The van der Waals surface area contributed by atoms with E-state index in [0.717, 1.165) is 0 Å². The summed E-state index contributed by atoms with van der Waals surface area (Å²) in [5.74, 6) is 0. The minimum atomic E-state index is -1.75. The maximum atomic E-state index is 8.61. The molecule has 8 heavy (non-hydrogen) atoms. The van der Waals surface area contributed by atoms with Gasteiger partial charge in [-0.15, -0.1) is 0 Å². The molecule has 0 rings (SSSR count). The molecule has 0 bridgehead atoms. The van der Waals surface area contributed by atoms with Crippen LogP contribution in [0.5, 0.6) is 0 Å². The number of methoxy groups -OCH3 is 1. The number of aliphatic hydroxyl groups excluding tert-OH is 1. The second kappa shape index (κ2) is 15.7. The van der Waals surface area contributed by atoms with Crippen LogP contribution in [0.2, 0.25) is 0 Å². The van der Waals surface area contributed by atoms with Crippen LogP contribution in [-0.2, 0) is 27.6 Å². The Morgan fingerprint density at radius 1 is 1.75 bits per heavy atom. The van der Waals surface area contributed by atoms with Gasteiger partial charge in [-0.2, -0.15) is 0 Å². The van der Waals surface area contributed by atoms with Gasteiger partial charge in [0, 0.05) is 7.11 Å². The molecule has 0 unspecified atom stereocenters. The van der Waals surface area contributed by atoms with E-state index < -0.39 is 19.5 Å². The molecule has 0 saturated carbocycles. The number of ether oxygens (including phenoxy) is 1. The van der Waals surface area contributed by atoms with Crippen LogP contribution in [0, 0.1) is 0 Å². The Morgan fingerprint density at radius 3 is 2.12 bits per heavy atom. The van der Waals surface area contributed by atoms with Crippen LogP contribution in [0.15, 0.2) is 0 Å². The fraction of sp³-hybridized carbons (Fsp3) is 1.00. The van der Waals surface area contributed by atoms with Crippen LogP contribution in [0.3, 0.4) is 0 Å². The molecule has 0 spiro atoms. The van der Waals surface area contributed by atoms with Crippen molar-refractivity contribution in [3.63, 3.8) is 0 Å². The van der Waals surface area contributed by atoms with Gasteiger partial charge in [0.25, 0.3) is 0 Å². The van der Waals surface area contributed by atoms with Gasteiger partial charge in [0.1, 0.15) is 0 Å². The van der Waals surface area contributed by atoms with Crippen molar-refractivity contribution in [1.82, 2.24) is 0 Å². The summed E-state index contributed by atoms with van der Waals surface area (Å²) < 4.78 is 20.2. The molecule has 0 fully saturated rings. The molecule has 49 valence electrons. The Bertz CT molecular complexity index is 38.3. The van der Waals surface area contributed by atoms with E-state index in [-0.39, 0.29) is 6.61 Å². The van der Waals surface area contributed by atoms with E-state index in [0.29, 0.717) is 6.61 Å². The van der Waals surface area contributed by atoms with Crippen LogP contribution in [0.1, 0.15) is 0 Å². The zero-order valence-electron chi connectivity index (χ0n) is 4.63. The van der Waals surface area contributed by atoms with E-state index in [1.807, 2.05) is 0 Å². The molecule has 0 aliphatic carbocycles. The van der Waals surface area contributed by atoms with Gasteiger partial charge in [-0.25, -0.2) is 0 Å². The molecule has 0 atom stereocenters. The third-order valence-electron chi connectivity index (χ3n) is 0.295. The van der Waals surface area contributed by atoms with Crippen molar-refractivity contribution in [3.05, 3.63) is 0 Å². The predicted octanol–water partition coefficient (Wildman–Crippen LogP) is -1.05. The summed E-state index contributed by atoms with van der Waals surface area (Å²) in [5.41, 5.74) is 0. The van der Waals surface area contributed by atoms with E-state index in [4.69, 9.17) is 12.1 Å². The molecule has 2 N–H and O–H groups in total. The summed E-state index contributed by atoms with van der Waals surface area (Å²) in [5, 5.41) is 7.94. The molecule has 0 radical (unpaired) electrons. The standard InChI is InChI=1S/C3H8O2.H2O.O.Ti/c1-5-3-2-4;;;/h4H,2-3H2,1H3;1H2;;/q;;;+1/p-1. The molecule has 0 saturated heterocycles. The van der Waals surface area contributed by atoms with Crippen molar-refractivity contribution in [3.8, 4) is 0 Å². The molecule has 0 aromatic rings. The van der Waals surface area contributed by atoms with Gasteiger partial charge in [0.15, 0.2) is 0 Å². The van der Waals surface area contributed by atoms with Crippen molar-refractivity contribution in [1.29, 1.82) is 0 Å². The van der Waals surface area contributed by atoms with Crippen molar-refractivity contribution >= 4 is 0 Å².